The number of carbonyl (C=O) groups is 2. The van der Waals surface area contributed by atoms with Gasteiger partial charge in [-0.1, -0.05) is 30.1 Å². The minimum absolute atomic E-state index is 0.0600. The summed E-state index contributed by atoms with van der Waals surface area (Å²) in [5.41, 5.74) is -2.27. The van der Waals surface area contributed by atoms with Crippen LogP contribution in [0.3, 0.4) is 0 Å². The van der Waals surface area contributed by atoms with Gasteiger partial charge in [0.2, 0.25) is 5.91 Å². The first-order chi connectivity index (χ1) is 19.4. The molecule has 14 heteroatoms. The molecular formula is C28H34Cl2F3N3O5S. The van der Waals surface area contributed by atoms with Crippen LogP contribution in [0.25, 0.3) is 0 Å². The largest absolute Gasteiger partial charge is 0.444 e. The fourth-order valence-electron chi connectivity index (χ4n) is 4.67. The van der Waals surface area contributed by atoms with Gasteiger partial charge in [-0.2, -0.15) is 13.2 Å². The SMILES string of the molecule is CCC(C(=O)N1CCCC(CNC(=O)OC(C)(C)C)C1)N(c1cc(C(F)(F)F)ccc1Cl)S(=O)(=O)c1ccc(Cl)cc1. The summed E-state index contributed by atoms with van der Waals surface area (Å²) in [5, 5.41) is 2.67. The monoisotopic (exact) mass is 651 g/mol. The molecule has 2 aromatic carbocycles. The van der Waals surface area contributed by atoms with E-state index in [9.17, 15) is 31.2 Å². The van der Waals surface area contributed by atoms with Gasteiger partial charge in [0.05, 0.1) is 21.2 Å². The van der Waals surface area contributed by atoms with Crippen LogP contribution in [0.1, 0.15) is 52.5 Å². The fraction of sp³-hybridized carbons (Fsp3) is 0.500. The zero-order valence-electron chi connectivity index (χ0n) is 23.7. The van der Waals surface area contributed by atoms with E-state index in [4.69, 9.17) is 27.9 Å². The minimum atomic E-state index is -4.79. The topological polar surface area (TPSA) is 96.0 Å². The molecule has 2 atom stereocenters. The first kappa shape index (κ1) is 33.8. The molecule has 0 radical (unpaired) electrons. The number of sulfonamides is 1. The lowest BCUT2D eigenvalue weighted by Crippen LogP contribution is -2.54. The van der Waals surface area contributed by atoms with Gasteiger partial charge in [-0.15, -0.1) is 0 Å². The minimum Gasteiger partial charge on any atom is -0.444 e. The van der Waals surface area contributed by atoms with Crippen molar-refractivity contribution in [3.8, 4) is 0 Å². The Bertz CT molecular complexity index is 1380. The van der Waals surface area contributed by atoms with Gasteiger partial charge in [0.15, 0.2) is 0 Å². The summed E-state index contributed by atoms with van der Waals surface area (Å²) in [4.78, 5) is 27.3. The number of carbonyl (C=O) groups excluding carboxylic acids is 2. The average molecular weight is 653 g/mol. The molecule has 1 saturated heterocycles. The van der Waals surface area contributed by atoms with E-state index in [0.29, 0.717) is 29.8 Å². The Labute approximate surface area is 254 Å². The number of likely N-dealkylation sites (tertiary alicyclic amines) is 1. The first-order valence-corrected chi connectivity index (χ1v) is 15.6. The van der Waals surface area contributed by atoms with E-state index >= 15 is 0 Å². The number of amides is 2. The smallest absolute Gasteiger partial charge is 0.416 e. The molecule has 3 rings (SSSR count). The van der Waals surface area contributed by atoms with Crippen LogP contribution in [0, 0.1) is 5.92 Å². The number of hydrogen-bond acceptors (Lipinski definition) is 5. The van der Waals surface area contributed by atoms with Crippen molar-refractivity contribution >= 4 is 50.9 Å². The Morgan fingerprint density at radius 3 is 2.33 bits per heavy atom. The number of benzene rings is 2. The predicted octanol–water partition coefficient (Wildman–Crippen LogP) is 6.75. The van der Waals surface area contributed by atoms with Gasteiger partial charge in [-0.25, -0.2) is 13.2 Å². The maximum absolute atomic E-state index is 14.0. The molecule has 0 spiro atoms. The van der Waals surface area contributed by atoms with Crippen molar-refractivity contribution in [2.75, 3.05) is 23.9 Å². The molecule has 1 aliphatic rings. The molecule has 2 amide bonds. The van der Waals surface area contributed by atoms with E-state index in [1.54, 1.807) is 27.7 Å². The lowest BCUT2D eigenvalue weighted by atomic mass is 9.97. The summed E-state index contributed by atoms with van der Waals surface area (Å²) >= 11 is 12.3. The summed E-state index contributed by atoms with van der Waals surface area (Å²) in [6.07, 6.45) is -4.17. The van der Waals surface area contributed by atoms with Gasteiger partial charge >= 0.3 is 12.3 Å². The summed E-state index contributed by atoms with van der Waals surface area (Å²) in [6, 6.07) is 6.01. The molecule has 0 aromatic heterocycles. The van der Waals surface area contributed by atoms with Crippen LogP contribution in [0.4, 0.5) is 23.7 Å². The van der Waals surface area contributed by atoms with Crippen molar-refractivity contribution in [1.82, 2.24) is 10.2 Å². The molecule has 1 N–H and O–H groups in total. The second-order valence-electron chi connectivity index (χ2n) is 11.0. The summed E-state index contributed by atoms with van der Waals surface area (Å²) in [7, 11) is -4.60. The van der Waals surface area contributed by atoms with Gasteiger partial charge in [-0.05, 0) is 88.4 Å². The van der Waals surface area contributed by atoms with Crippen LogP contribution < -0.4 is 9.62 Å². The van der Waals surface area contributed by atoms with E-state index in [0.717, 1.165) is 12.1 Å². The van der Waals surface area contributed by atoms with Crippen molar-refractivity contribution in [3.63, 3.8) is 0 Å². The Kier molecular flexibility index (Phi) is 10.7. The molecule has 1 heterocycles. The van der Waals surface area contributed by atoms with Crippen molar-refractivity contribution in [2.45, 2.75) is 69.7 Å². The van der Waals surface area contributed by atoms with Crippen LogP contribution in [-0.2, 0) is 25.7 Å². The van der Waals surface area contributed by atoms with Gasteiger partial charge < -0.3 is 15.0 Å². The Hall–Kier alpha value is -2.70. The van der Waals surface area contributed by atoms with E-state index in [-0.39, 0.29) is 40.4 Å². The number of alkyl halides is 3. The predicted molar refractivity (Wildman–Crippen MR) is 155 cm³/mol. The van der Waals surface area contributed by atoms with Gasteiger partial charge in [0.25, 0.3) is 10.0 Å². The van der Waals surface area contributed by atoms with Crippen molar-refractivity contribution in [3.05, 3.63) is 58.1 Å². The summed E-state index contributed by atoms with van der Waals surface area (Å²) < 4.78 is 75.0. The molecule has 42 heavy (non-hydrogen) atoms. The van der Waals surface area contributed by atoms with Crippen LogP contribution in [-0.4, -0.2) is 56.6 Å². The number of nitrogens with zero attached hydrogens (tertiary/aromatic N) is 2. The normalized spacial score (nSPS) is 17.0. The second-order valence-corrected chi connectivity index (χ2v) is 13.7. The maximum atomic E-state index is 14.0. The van der Waals surface area contributed by atoms with Gasteiger partial charge in [0, 0.05) is 24.7 Å². The standard InChI is InChI=1S/C28H34Cl2F3N3O5S/c1-5-23(25(37)35-14-6-7-18(17-35)16-34-26(38)41-27(2,3)4)36(42(39,40)21-11-9-20(29)10-12-21)24-15-19(28(31,32)33)8-13-22(24)30/h8-13,15,18,23H,5-7,14,16-17H2,1-4H3,(H,34,38). The highest BCUT2D eigenvalue weighted by Crippen LogP contribution is 2.39. The molecule has 232 valence electrons. The Morgan fingerprint density at radius 2 is 1.76 bits per heavy atom. The van der Waals surface area contributed by atoms with Crippen molar-refractivity contribution in [1.29, 1.82) is 0 Å². The lowest BCUT2D eigenvalue weighted by Gasteiger charge is -2.39. The molecular weight excluding hydrogens is 618 g/mol. The third-order valence-electron chi connectivity index (χ3n) is 6.60. The Balaban J connectivity index is 1.98. The average Bonchev–Trinajstić information content (AvgIpc) is 2.89. The fourth-order valence-corrected chi connectivity index (χ4v) is 6.74. The van der Waals surface area contributed by atoms with Crippen LogP contribution in [0.5, 0.6) is 0 Å². The number of hydrogen-bond donors (Lipinski definition) is 1. The van der Waals surface area contributed by atoms with Crippen LogP contribution >= 0.6 is 23.2 Å². The molecule has 8 nitrogen and oxygen atoms in total. The molecule has 1 aliphatic heterocycles. The quantitative estimate of drug-likeness (QED) is 0.341. The third kappa shape index (κ3) is 8.44. The van der Waals surface area contributed by atoms with Crippen molar-refractivity contribution in [2.24, 2.45) is 5.92 Å². The molecule has 0 bridgehead atoms. The van der Waals surface area contributed by atoms with E-state index in [1.165, 1.54) is 29.2 Å². The van der Waals surface area contributed by atoms with Gasteiger partial charge in [0.1, 0.15) is 11.6 Å². The number of piperidine rings is 1. The third-order valence-corrected chi connectivity index (χ3v) is 9.01. The van der Waals surface area contributed by atoms with E-state index in [2.05, 4.69) is 5.32 Å². The number of ether oxygens (including phenoxy) is 1. The maximum Gasteiger partial charge on any atom is 0.416 e. The van der Waals surface area contributed by atoms with Crippen molar-refractivity contribution < 1.29 is 35.9 Å². The lowest BCUT2D eigenvalue weighted by molar-refractivity contribution is -0.137. The molecule has 0 aliphatic carbocycles. The highest BCUT2D eigenvalue weighted by Gasteiger charge is 2.41. The number of anilines is 1. The zero-order chi connectivity index (χ0) is 31.5. The number of halogens is 5. The van der Waals surface area contributed by atoms with Crippen LogP contribution in [0.2, 0.25) is 10.0 Å². The summed E-state index contributed by atoms with van der Waals surface area (Å²) in [5.74, 6) is -0.739. The van der Waals surface area contributed by atoms with Gasteiger partial charge in [-0.3, -0.25) is 9.10 Å². The number of alkyl carbamates (subject to hydrolysis) is 1. The molecule has 2 unspecified atom stereocenters. The van der Waals surface area contributed by atoms with Crippen LogP contribution in [0.15, 0.2) is 47.4 Å². The highest BCUT2D eigenvalue weighted by atomic mass is 35.5. The summed E-state index contributed by atoms with van der Waals surface area (Å²) in [6.45, 7) is 7.51. The second kappa shape index (κ2) is 13.3. The highest BCUT2D eigenvalue weighted by molar-refractivity contribution is 7.93. The first-order valence-electron chi connectivity index (χ1n) is 13.4. The van der Waals surface area contributed by atoms with E-state index < -0.39 is 51.1 Å². The molecule has 0 saturated carbocycles. The molecule has 1 fully saturated rings. The van der Waals surface area contributed by atoms with E-state index in [1.807, 2.05) is 0 Å². The zero-order valence-corrected chi connectivity index (χ0v) is 26.0. The number of rotatable bonds is 8. The Morgan fingerprint density at radius 1 is 1.12 bits per heavy atom. The molecule has 2 aromatic rings. The number of nitrogens with one attached hydrogen (secondary N) is 1.